The van der Waals surface area contributed by atoms with Crippen LogP contribution < -0.4 is 4.74 Å². The van der Waals surface area contributed by atoms with E-state index >= 15 is 0 Å². The van der Waals surface area contributed by atoms with Crippen molar-refractivity contribution in [2.24, 2.45) is 7.05 Å². The molecule has 0 aliphatic heterocycles. The number of ether oxygens (including phenoxy) is 1. The Morgan fingerprint density at radius 2 is 1.96 bits per heavy atom. The van der Waals surface area contributed by atoms with Crippen molar-refractivity contribution in [3.05, 3.63) is 65.0 Å². The van der Waals surface area contributed by atoms with Crippen molar-refractivity contribution in [3.63, 3.8) is 0 Å². The zero-order valence-corrected chi connectivity index (χ0v) is 14.0. The van der Waals surface area contributed by atoms with Gasteiger partial charge in [-0.3, -0.25) is 9.48 Å². The van der Waals surface area contributed by atoms with Crippen LogP contribution in [0.15, 0.2) is 42.6 Å². The van der Waals surface area contributed by atoms with Gasteiger partial charge in [-0.15, -0.1) is 0 Å². The molecule has 5 heteroatoms. The second kappa shape index (κ2) is 6.66. The van der Waals surface area contributed by atoms with Crippen molar-refractivity contribution in [1.82, 2.24) is 14.8 Å². The number of carbonyl (C=O) groups is 1. The molecule has 0 fully saturated rings. The summed E-state index contributed by atoms with van der Waals surface area (Å²) in [5.41, 5.74) is 5.57. The predicted octanol–water partition coefficient (Wildman–Crippen LogP) is 3.20. The van der Waals surface area contributed by atoms with Crippen molar-refractivity contribution in [2.45, 2.75) is 13.3 Å². The minimum Gasteiger partial charge on any atom is -0.481 e. The van der Waals surface area contributed by atoms with E-state index in [0.29, 0.717) is 18.0 Å². The van der Waals surface area contributed by atoms with Gasteiger partial charge in [0.25, 0.3) is 0 Å². The van der Waals surface area contributed by atoms with Gasteiger partial charge in [-0.25, -0.2) is 4.98 Å². The molecule has 0 amide bonds. The fourth-order valence-corrected chi connectivity index (χ4v) is 2.68. The van der Waals surface area contributed by atoms with Gasteiger partial charge in [-0.1, -0.05) is 24.3 Å². The molecule has 0 spiro atoms. The van der Waals surface area contributed by atoms with Crippen molar-refractivity contribution >= 4 is 6.29 Å². The Morgan fingerprint density at radius 3 is 2.54 bits per heavy atom. The Morgan fingerprint density at radius 1 is 1.21 bits per heavy atom. The van der Waals surface area contributed by atoms with Gasteiger partial charge in [0.1, 0.15) is 5.69 Å². The summed E-state index contributed by atoms with van der Waals surface area (Å²) >= 11 is 0. The molecule has 2 aromatic heterocycles. The van der Waals surface area contributed by atoms with Crippen LogP contribution in [0, 0.1) is 6.92 Å². The van der Waals surface area contributed by atoms with Gasteiger partial charge in [0.2, 0.25) is 5.88 Å². The van der Waals surface area contributed by atoms with E-state index in [2.05, 4.69) is 34.3 Å². The molecule has 0 radical (unpaired) electrons. The van der Waals surface area contributed by atoms with E-state index in [1.54, 1.807) is 11.8 Å². The van der Waals surface area contributed by atoms with E-state index in [1.807, 2.05) is 32.3 Å². The summed E-state index contributed by atoms with van der Waals surface area (Å²) in [6, 6.07) is 12.1. The number of nitrogens with zero attached hydrogens (tertiary/aromatic N) is 3. The standard InChI is InChI=1S/C19H19N3O2/c1-13-16(11-17(12-23)20-19(13)24-3)10-14-4-6-15(7-5-14)18-8-9-22(2)21-18/h4-9,11-12H,10H2,1-3H3. The number of aryl methyl sites for hydroxylation is 1. The number of carbonyl (C=O) groups excluding carboxylic acids is 1. The molecule has 0 N–H and O–H groups in total. The highest BCUT2D eigenvalue weighted by Gasteiger charge is 2.10. The lowest BCUT2D eigenvalue weighted by atomic mass is 9.99. The minimum absolute atomic E-state index is 0.387. The molecule has 122 valence electrons. The summed E-state index contributed by atoms with van der Waals surface area (Å²) in [6.45, 7) is 1.96. The Kier molecular flexibility index (Phi) is 4.42. The first kappa shape index (κ1) is 15.9. The first-order chi connectivity index (χ1) is 11.6. The predicted molar refractivity (Wildman–Crippen MR) is 92.4 cm³/mol. The van der Waals surface area contributed by atoms with Crippen LogP contribution in [0.25, 0.3) is 11.3 Å². The maximum absolute atomic E-state index is 11.1. The second-order valence-electron chi connectivity index (χ2n) is 5.71. The number of hydrogen-bond donors (Lipinski definition) is 0. The van der Waals surface area contributed by atoms with Gasteiger partial charge >= 0.3 is 0 Å². The van der Waals surface area contributed by atoms with Crippen molar-refractivity contribution < 1.29 is 9.53 Å². The van der Waals surface area contributed by atoms with Crippen molar-refractivity contribution in [1.29, 1.82) is 0 Å². The van der Waals surface area contributed by atoms with Gasteiger partial charge in [-0.2, -0.15) is 5.10 Å². The first-order valence-electron chi connectivity index (χ1n) is 7.69. The third-order valence-electron chi connectivity index (χ3n) is 4.03. The monoisotopic (exact) mass is 321 g/mol. The van der Waals surface area contributed by atoms with Crippen LogP contribution in [-0.4, -0.2) is 28.2 Å². The topological polar surface area (TPSA) is 57.0 Å². The maximum Gasteiger partial charge on any atom is 0.216 e. The van der Waals surface area contributed by atoms with Crippen molar-refractivity contribution in [3.8, 4) is 17.1 Å². The van der Waals surface area contributed by atoms with Crippen LogP contribution >= 0.6 is 0 Å². The Labute approximate surface area is 140 Å². The van der Waals surface area contributed by atoms with E-state index in [-0.39, 0.29) is 0 Å². The average molecular weight is 321 g/mol. The summed E-state index contributed by atoms with van der Waals surface area (Å²) in [5, 5.41) is 4.41. The van der Waals surface area contributed by atoms with Crippen LogP contribution in [0.2, 0.25) is 0 Å². The van der Waals surface area contributed by atoms with Gasteiger partial charge in [0.05, 0.1) is 12.8 Å². The molecule has 0 saturated carbocycles. The molecule has 3 aromatic rings. The van der Waals surface area contributed by atoms with Crippen LogP contribution in [0.5, 0.6) is 5.88 Å². The molecular weight excluding hydrogens is 302 g/mol. The molecule has 1 aromatic carbocycles. The largest absolute Gasteiger partial charge is 0.481 e. The zero-order valence-electron chi connectivity index (χ0n) is 14.0. The summed E-state index contributed by atoms with van der Waals surface area (Å²) in [5.74, 6) is 0.500. The normalized spacial score (nSPS) is 10.6. The van der Waals surface area contributed by atoms with E-state index in [1.165, 1.54) is 0 Å². The number of methoxy groups -OCH3 is 1. The minimum atomic E-state index is 0.387. The SMILES string of the molecule is COc1nc(C=O)cc(Cc2ccc(-c3ccn(C)n3)cc2)c1C. The molecule has 0 aliphatic rings. The molecule has 0 aliphatic carbocycles. The Hall–Kier alpha value is -2.95. The van der Waals surface area contributed by atoms with Crippen molar-refractivity contribution in [2.75, 3.05) is 7.11 Å². The quantitative estimate of drug-likeness (QED) is 0.677. The number of pyridine rings is 1. The molecule has 0 bridgehead atoms. The van der Waals surface area contributed by atoms with E-state index in [0.717, 1.165) is 34.2 Å². The third kappa shape index (κ3) is 3.20. The number of rotatable bonds is 5. The summed E-state index contributed by atoms with van der Waals surface area (Å²) in [7, 11) is 3.47. The number of aromatic nitrogens is 3. The molecular formula is C19H19N3O2. The highest BCUT2D eigenvalue weighted by molar-refractivity contribution is 5.73. The summed E-state index contributed by atoms with van der Waals surface area (Å²) in [4.78, 5) is 15.2. The maximum atomic E-state index is 11.1. The summed E-state index contributed by atoms with van der Waals surface area (Å²) < 4.78 is 7.05. The molecule has 0 unspecified atom stereocenters. The fraction of sp³-hybridized carbons (Fsp3) is 0.211. The van der Waals surface area contributed by atoms with Gasteiger partial charge < -0.3 is 4.74 Å². The lowest BCUT2D eigenvalue weighted by Crippen LogP contribution is -2.01. The Bertz CT molecular complexity index is 867. The Balaban J connectivity index is 1.87. The van der Waals surface area contributed by atoms with E-state index in [9.17, 15) is 4.79 Å². The first-order valence-corrected chi connectivity index (χ1v) is 7.69. The molecule has 24 heavy (non-hydrogen) atoms. The van der Waals surface area contributed by atoms with Gasteiger partial charge in [-0.05, 0) is 36.6 Å². The average Bonchev–Trinajstić information content (AvgIpc) is 3.03. The van der Waals surface area contributed by atoms with Crippen LogP contribution in [0.1, 0.15) is 27.2 Å². The van der Waals surface area contributed by atoms with Crippen LogP contribution in [0.4, 0.5) is 0 Å². The lowest BCUT2D eigenvalue weighted by molar-refractivity contribution is 0.111. The highest BCUT2D eigenvalue weighted by Crippen LogP contribution is 2.24. The number of hydrogen-bond acceptors (Lipinski definition) is 4. The van der Waals surface area contributed by atoms with Gasteiger partial charge in [0, 0.05) is 24.4 Å². The second-order valence-corrected chi connectivity index (χ2v) is 5.71. The highest BCUT2D eigenvalue weighted by atomic mass is 16.5. The smallest absolute Gasteiger partial charge is 0.216 e. The molecule has 0 atom stereocenters. The molecule has 0 saturated heterocycles. The van der Waals surface area contributed by atoms with Crippen LogP contribution in [0.3, 0.4) is 0 Å². The van der Waals surface area contributed by atoms with E-state index in [4.69, 9.17) is 4.74 Å². The van der Waals surface area contributed by atoms with E-state index < -0.39 is 0 Å². The molecule has 2 heterocycles. The van der Waals surface area contributed by atoms with Crippen LogP contribution in [-0.2, 0) is 13.5 Å². The molecule has 5 nitrogen and oxygen atoms in total. The third-order valence-corrected chi connectivity index (χ3v) is 4.03. The van der Waals surface area contributed by atoms with Gasteiger partial charge in [0.15, 0.2) is 6.29 Å². The number of benzene rings is 1. The summed E-state index contributed by atoms with van der Waals surface area (Å²) in [6.07, 6.45) is 3.39. The fourth-order valence-electron chi connectivity index (χ4n) is 2.68. The lowest BCUT2D eigenvalue weighted by Gasteiger charge is -2.11. The zero-order chi connectivity index (χ0) is 17.1. The molecule has 3 rings (SSSR count). The number of aldehydes is 1.